The van der Waals surface area contributed by atoms with Crippen molar-refractivity contribution in [3.63, 3.8) is 0 Å². The molecule has 0 bridgehead atoms. The molecule has 1 heterocycles. The third-order valence-electron chi connectivity index (χ3n) is 6.37. The molecule has 28 heavy (non-hydrogen) atoms. The average Bonchev–Trinajstić information content (AvgIpc) is 3.06. The fraction of sp³-hybridized carbons (Fsp3) is 0.850. The van der Waals surface area contributed by atoms with Crippen molar-refractivity contribution in [3.8, 4) is 0 Å². The molecule has 0 radical (unpaired) electrons. The van der Waals surface area contributed by atoms with Crippen LogP contribution in [0.1, 0.15) is 46.5 Å². The van der Waals surface area contributed by atoms with Gasteiger partial charge in [0.15, 0.2) is 0 Å². The van der Waals surface area contributed by atoms with Gasteiger partial charge >= 0.3 is 11.9 Å². The summed E-state index contributed by atoms with van der Waals surface area (Å²) < 4.78 is 10.3. The Bertz CT molecular complexity index is 640. The number of carbonyl (C=O) groups excluding carboxylic acids is 3. The molecular weight excluding hydrogens is 382 g/mol. The topological polar surface area (TPSA) is 102 Å². The van der Waals surface area contributed by atoms with Gasteiger partial charge in [-0.15, -0.1) is 0 Å². The van der Waals surface area contributed by atoms with Gasteiger partial charge in [0.2, 0.25) is 5.91 Å². The van der Waals surface area contributed by atoms with Crippen LogP contribution >= 0.6 is 11.8 Å². The molecule has 2 aliphatic carbocycles. The number of carbonyl (C=O) groups is 3. The molecule has 1 amide bonds. The maximum Gasteiger partial charge on any atom is 0.329 e. The van der Waals surface area contributed by atoms with Crippen molar-refractivity contribution in [1.29, 1.82) is 0 Å². The number of esters is 2. The van der Waals surface area contributed by atoms with Crippen LogP contribution in [-0.4, -0.2) is 58.8 Å². The lowest BCUT2D eigenvalue weighted by atomic mass is 9.66. The fourth-order valence-corrected chi connectivity index (χ4v) is 6.70. The molecule has 2 N–H and O–H groups in total. The van der Waals surface area contributed by atoms with E-state index in [1.807, 2.05) is 13.8 Å². The first kappa shape index (κ1) is 21.4. The van der Waals surface area contributed by atoms with E-state index in [1.165, 1.54) is 18.9 Å². The van der Waals surface area contributed by atoms with Gasteiger partial charge in [-0.2, -0.15) is 11.8 Å². The maximum atomic E-state index is 12.5. The highest BCUT2D eigenvalue weighted by molar-refractivity contribution is 8.00. The van der Waals surface area contributed by atoms with Gasteiger partial charge in [-0.05, 0) is 37.0 Å². The predicted molar refractivity (Wildman–Crippen MR) is 104 cm³/mol. The van der Waals surface area contributed by atoms with Crippen LogP contribution in [0.4, 0.5) is 0 Å². The average molecular weight is 414 g/mol. The Kier molecular flexibility index (Phi) is 6.29. The minimum absolute atomic E-state index is 0.0861. The quantitative estimate of drug-likeness (QED) is 0.610. The zero-order valence-corrected chi connectivity index (χ0v) is 17.8. The third kappa shape index (κ3) is 3.77. The lowest BCUT2D eigenvalue weighted by molar-refractivity contribution is -0.145. The maximum absolute atomic E-state index is 12.5. The molecule has 1 aliphatic heterocycles. The van der Waals surface area contributed by atoms with E-state index in [0.717, 1.165) is 12.8 Å². The van der Waals surface area contributed by atoms with Gasteiger partial charge in [0.25, 0.3) is 0 Å². The Morgan fingerprint density at radius 3 is 2.75 bits per heavy atom. The standard InChI is InChI=1S/C20H31NO6S/c1-10(2)7-15(22)21-13(18(23)26-4)9-28-17-11(3)8-12-5-6-14-20(12,25)16(17)19(24)27-14/h10-14,16-17,25H,5-9H2,1-4H3,(H,21,22)/t11-,12+,13?,14?,16?,17+,20+/m0/s1. The van der Waals surface area contributed by atoms with Crippen molar-refractivity contribution in [1.82, 2.24) is 5.32 Å². The Labute approximate surface area is 170 Å². The Hall–Kier alpha value is -1.28. The van der Waals surface area contributed by atoms with Crippen LogP contribution in [0.25, 0.3) is 0 Å². The molecule has 7 atom stereocenters. The molecule has 0 aromatic rings. The van der Waals surface area contributed by atoms with Crippen LogP contribution in [0, 0.1) is 23.7 Å². The van der Waals surface area contributed by atoms with Gasteiger partial charge < -0.3 is 19.9 Å². The van der Waals surface area contributed by atoms with E-state index in [9.17, 15) is 19.5 Å². The van der Waals surface area contributed by atoms with Crippen molar-refractivity contribution in [3.05, 3.63) is 0 Å². The highest BCUT2D eigenvalue weighted by Gasteiger charge is 2.68. The van der Waals surface area contributed by atoms with Crippen LogP contribution in [-0.2, 0) is 23.9 Å². The summed E-state index contributed by atoms with van der Waals surface area (Å²) in [6, 6.07) is -0.780. The largest absolute Gasteiger partial charge is 0.467 e. The van der Waals surface area contributed by atoms with Crippen LogP contribution < -0.4 is 5.32 Å². The number of rotatable bonds is 7. The summed E-state index contributed by atoms with van der Waals surface area (Å²) in [5.74, 6) is -0.848. The summed E-state index contributed by atoms with van der Waals surface area (Å²) >= 11 is 1.45. The second-order valence-electron chi connectivity index (χ2n) is 8.82. The van der Waals surface area contributed by atoms with Crippen LogP contribution in [0.2, 0.25) is 0 Å². The lowest BCUT2D eigenvalue weighted by Gasteiger charge is -2.44. The monoisotopic (exact) mass is 413 g/mol. The molecule has 3 aliphatic rings. The molecule has 0 aromatic carbocycles. The van der Waals surface area contributed by atoms with E-state index in [0.29, 0.717) is 18.6 Å². The molecule has 7 nitrogen and oxygen atoms in total. The van der Waals surface area contributed by atoms with Crippen LogP contribution in [0.15, 0.2) is 0 Å². The molecule has 3 unspecified atom stereocenters. The fourth-order valence-electron chi connectivity index (χ4n) is 5.11. The van der Waals surface area contributed by atoms with Crippen molar-refractivity contribution in [2.45, 2.75) is 69.5 Å². The highest BCUT2D eigenvalue weighted by atomic mass is 32.2. The van der Waals surface area contributed by atoms with Gasteiger partial charge in [0.05, 0.1) is 7.11 Å². The number of thioether (sulfide) groups is 1. The summed E-state index contributed by atoms with van der Waals surface area (Å²) in [5, 5.41) is 13.9. The van der Waals surface area contributed by atoms with E-state index >= 15 is 0 Å². The van der Waals surface area contributed by atoms with Gasteiger partial charge in [-0.3, -0.25) is 9.59 Å². The summed E-state index contributed by atoms with van der Waals surface area (Å²) in [6.07, 6.45) is 2.34. The van der Waals surface area contributed by atoms with Crippen LogP contribution in [0.3, 0.4) is 0 Å². The zero-order chi connectivity index (χ0) is 20.6. The van der Waals surface area contributed by atoms with E-state index in [1.54, 1.807) is 0 Å². The van der Waals surface area contributed by atoms with Gasteiger partial charge in [0.1, 0.15) is 23.7 Å². The highest BCUT2D eigenvalue weighted by Crippen LogP contribution is 2.58. The number of nitrogens with one attached hydrogen (secondary N) is 1. The second kappa shape index (κ2) is 8.22. The smallest absolute Gasteiger partial charge is 0.329 e. The van der Waals surface area contributed by atoms with E-state index < -0.39 is 29.6 Å². The number of amides is 1. The Balaban J connectivity index is 1.71. The Morgan fingerprint density at radius 2 is 2.11 bits per heavy atom. The van der Waals surface area contributed by atoms with Gasteiger partial charge in [0, 0.05) is 17.4 Å². The minimum Gasteiger partial charge on any atom is -0.467 e. The molecular formula is C20H31NO6S. The minimum atomic E-state index is -1.09. The predicted octanol–water partition coefficient (Wildman–Crippen LogP) is 1.51. The van der Waals surface area contributed by atoms with Crippen molar-refractivity contribution in [2.24, 2.45) is 23.7 Å². The first-order valence-electron chi connectivity index (χ1n) is 10.1. The first-order chi connectivity index (χ1) is 13.2. The number of methoxy groups -OCH3 is 1. The van der Waals surface area contributed by atoms with Gasteiger partial charge in [-0.25, -0.2) is 4.79 Å². The molecule has 1 saturated heterocycles. The number of hydrogen-bond acceptors (Lipinski definition) is 7. The lowest BCUT2D eigenvalue weighted by Crippen LogP contribution is -2.56. The molecule has 2 saturated carbocycles. The molecule has 8 heteroatoms. The number of aliphatic hydroxyl groups is 1. The molecule has 3 fully saturated rings. The zero-order valence-electron chi connectivity index (χ0n) is 17.0. The van der Waals surface area contributed by atoms with Crippen molar-refractivity contribution < 1.29 is 29.0 Å². The second-order valence-corrected chi connectivity index (χ2v) is 10.0. The summed E-state index contributed by atoms with van der Waals surface area (Å²) in [7, 11) is 1.29. The molecule has 0 spiro atoms. The van der Waals surface area contributed by atoms with Gasteiger partial charge in [-0.1, -0.05) is 20.8 Å². The SMILES string of the molecule is COC(=O)C(CS[C@H]1C2C(=O)OC3CC[C@H](C[C@@H]1C)[C@@]32O)NC(=O)CC(C)C. The number of ether oxygens (including phenoxy) is 2. The van der Waals surface area contributed by atoms with Crippen molar-refractivity contribution >= 4 is 29.6 Å². The Morgan fingerprint density at radius 1 is 1.39 bits per heavy atom. The summed E-state index contributed by atoms with van der Waals surface area (Å²) in [5.41, 5.74) is -1.09. The van der Waals surface area contributed by atoms with E-state index in [2.05, 4.69) is 12.2 Å². The summed E-state index contributed by atoms with van der Waals surface area (Å²) in [4.78, 5) is 36.8. The van der Waals surface area contributed by atoms with Crippen LogP contribution in [0.5, 0.6) is 0 Å². The normalized spacial score (nSPS) is 37.4. The summed E-state index contributed by atoms with van der Waals surface area (Å²) in [6.45, 7) is 5.96. The van der Waals surface area contributed by atoms with E-state index in [-0.39, 0.29) is 34.9 Å². The number of hydrogen-bond donors (Lipinski definition) is 2. The molecule has 158 valence electrons. The van der Waals surface area contributed by atoms with Crippen molar-refractivity contribution in [2.75, 3.05) is 12.9 Å². The molecule has 0 aromatic heterocycles. The first-order valence-corrected chi connectivity index (χ1v) is 11.1. The third-order valence-corrected chi connectivity index (χ3v) is 8.02. The van der Waals surface area contributed by atoms with E-state index in [4.69, 9.17) is 9.47 Å². The molecule has 3 rings (SSSR count).